The molecule has 0 bridgehead atoms. The Morgan fingerprint density at radius 3 is 2.57 bits per heavy atom. The zero-order chi connectivity index (χ0) is 29.9. The van der Waals surface area contributed by atoms with Crippen molar-refractivity contribution in [2.75, 3.05) is 32.7 Å². The van der Waals surface area contributed by atoms with E-state index < -0.39 is 11.6 Å². The van der Waals surface area contributed by atoms with Crippen LogP contribution in [0, 0.1) is 0 Å². The van der Waals surface area contributed by atoms with E-state index in [0.29, 0.717) is 57.4 Å². The number of ether oxygens (including phenoxy) is 2. The zero-order valence-electron chi connectivity index (χ0n) is 25.3. The van der Waals surface area contributed by atoms with Crippen LogP contribution >= 0.6 is 12.4 Å². The van der Waals surface area contributed by atoms with Gasteiger partial charge in [-0.25, -0.2) is 14.3 Å². The molecule has 6 heterocycles. The lowest BCUT2D eigenvalue weighted by molar-refractivity contribution is -0.860. The number of piperidine rings is 2. The molecule has 0 unspecified atom stereocenters. The second kappa shape index (κ2) is 11.6. The van der Waals surface area contributed by atoms with E-state index in [2.05, 4.69) is 11.8 Å². The van der Waals surface area contributed by atoms with Gasteiger partial charge in [0.2, 0.25) is 0 Å². The fourth-order valence-corrected chi connectivity index (χ4v) is 7.55. The van der Waals surface area contributed by atoms with Crippen LogP contribution in [0.4, 0.5) is 4.79 Å². The van der Waals surface area contributed by atoms with Crippen LogP contribution in [0.2, 0.25) is 0 Å². The monoisotopic (exact) mass is 623 g/mol. The molecule has 2 aromatic heterocycles. The van der Waals surface area contributed by atoms with Crippen LogP contribution in [0.3, 0.4) is 0 Å². The molecule has 4 aliphatic rings. The van der Waals surface area contributed by atoms with Crippen molar-refractivity contribution in [3.63, 3.8) is 0 Å². The number of quaternary nitrogens is 1. The third-order valence-corrected chi connectivity index (χ3v) is 10.4. The highest BCUT2D eigenvalue weighted by Gasteiger charge is 2.46. The van der Waals surface area contributed by atoms with Crippen LogP contribution in [0.25, 0.3) is 22.3 Å². The first kappa shape index (κ1) is 30.7. The summed E-state index contributed by atoms with van der Waals surface area (Å²) in [5.41, 5.74) is 1.20. The van der Waals surface area contributed by atoms with Crippen molar-refractivity contribution in [3.05, 3.63) is 57.4 Å². The number of fused-ring (bicyclic) bond motifs is 5. The predicted molar refractivity (Wildman–Crippen MR) is 167 cm³/mol. The number of benzene rings is 1. The van der Waals surface area contributed by atoms with Gasteiger partial charge in [0.1, 0.15) is 12.4 Å². The van der Waals surface area contributed by atoms with Gasteiger partial charge in [-0.05, 0) is 69.6 Å². The maximum Gasteiger partial charge on any atom is 0.521 e. The molecule has 0 saturated carbocycles. The fraction of sp³-hybridized carbons (Fsp3) is 0.515. The van der Waals surface area contributed by atoms with Gasteiger partial charge in [0.05, 0.1) is 48.6 Å². The molecule has 1 N–H and O–H groups in total. The predicted octanol–water partition coefficient (Wildman–Crippen LogP) is 4.49. The molecule has 234 valence electrons. The molecule has 10 nitrogen and oxygen atoms in total. The van der Waals surface area contributed by atoms with Crippen molar-refractivity contribution < 1.29 is 28.7 Å². The number of hydrogen-bond acceptors (Lipinski definition) is 8. The summed E-state index contributed by atoms with van der Waals surface area (Å²) in [4.78, 5) is 46.9. The summed E-state index contributed by atoms with van der Waals surface area (Å²) in [7, 11) is 0. The van der Waals surface area contributed by atoms with Crippen LogP contribution in [0.15, 0.2) is 35.1 Å². The number of carbonyl (C=O) groups excluding carboxylic acids is 2. The Kier molecular flexibility index (Phi) is 8.07. The van der Waals surface area contributed by atoms with E-state index in [4.69, 9.17) is 14.5 Å². The van der Waals surface area contributed by atoms with Crippen molar-refractivity contribution in [3.8, 4) is 17.1 Å². The summed E-state index contributed by atoms with van der Waals surface area (Å²) in [6.07, 6.45) is 5.77. The van der Waals surface area contributed by atoms with Gasteiger partial charge in [-0.2, -0.15) is 4.79 Å². The van der Waals surface area contributed by atoms with Crippen LogP contribution in [0.1, 0.15) is 69.1 Å². The number of aromatic nitrogens is 2. The number of halogens is 1. The Balaban J connectivity index is 0.00000343. The number of carbonyl (C=O) groups is 2. The maximum absolute atomic E-state index is 13.6. The Labute approximate surface area is 262 Å². The Morgan fingerprint density at radius 1 is 1.11 bits per heavy atom. The number of nitrogens with zero attached hydrogens (tertiary/aromatic N) is 4. The van der Waals surface area contributed by atoms with Gasteiger partial charge in [-0.15, -0.1) is 12.4 Å². The lowest BCUT2D eigenvalue weighted by Gasteiger charge is -2.43. The summed E-state index contributed by atoms with van der Waals surface area (Å²) < 4.78 is 13.1. The van der Waals surface area contributed by atoms with Crippen molar-refractivity contribution >= 4 is 35.4 Å². The van der Waals surface area contributed by atoms with E-state index in [1.165, 1.54) is 32.4 Å². The highest BCUT2D eigenvalue weighted by Crippen LogP contribution is 2.39. The summed E-state index contributed by atoms with van der Waals surface area (Å²) in [5, 5.41) is 11.9. The molecule has 1 atom stereocenters. The smallest absolute Gasteiger partial charge is 0.458 e. The standard InChI is InChI=1S/C33H39N4O6.ClH/c1-3-33(41)26-18-28-29-22(19-36(28)30(38)25(26)20-42-31(33)39)16-21-17-24(8-9-27(21)34-29)43-32(40)37(4-2)14-10-23(11-15-37)35-12-6-5-7-13-35;/h8-9,16-18,23,41H,3-7,10-15,19-20H2,1-2H3;1H/q+1;/t23?,33-,37?;/m0./s1. The quantitative estimate of drug-likeness (QED) is 0.262. The minimum Gasteiger partial charge on any atom is -0.458 e. The number of aliphatic hydroxyl groups is 1. The second-order valence-corrected chi connectivity index (χ2v) is 12.6. The lowest BCUT2D eigenvalue weighted by atomic mass is 9.86. The fourth-order valence-electron chi connectivity index (χ4n) is 7.55. The average molecular weight is 624 g/mol. The van der Waals surface area contributed by atoms with Crippen molar-refractivity contribution in [1.82, 2.24) is 14.5 Å². The van der Waals surface area contributed by atoms with Gasteiger partial charge in [0.25, 0.3) is 5.56 Å². The van der Waals surface area contributed by atoms with Crippen LogP contribution in [-0.2, 0) is 28.3 Å². The van der Waals surface area contributed by atoms with E-state index in [9.17, 15) is 19.5 Å². The highest BCUT2D eigenvalue weighted by atomic mass is 35.5. The number of rotatable bonds is 4. The highest BCUT2D eigenvalue weighted by molar-refractivity contribution is 5.87. The Morgan fingerprint density at radius 2 is 1.86 bits per heavy atom. The first-order chi connectivity index (χ1) is 20.8. The number of cyclic esters (lactones) is 1. The molecule has 3 aromatic rings. The average Bonchev–Trinajstić information content (AvgIpc) is 3.40. The van der Waals surface area contributed by atoms with Gasteiger partial charge in [0, 0.05) is 35.4 Å². The van der Waals surface area contributed by atoms with Crippen LogP contribution in [-0.4, -0.2) is 74.9 Å². The summed E-state index contributed by atoms with van der Waals surface area (Å²) in [6, 6.07) is 9.69. The first-order valence-corrected chi connectivity index (χ1v) is 15.7. The van der Waals surface area contributed by atoms with E-state index in [0.717, 1.165) is 36.9 Å². The summed E-state index contributed by atoms with van der Waals surface area (Å²) in [6.45, 7) is 8.54. The first-order valence-electron chi connectivity index (χ1n) is 15.7. The molecule has 2 saturated heterocycles. The van der Waals surface area contributed by atoms with E-state index in [1.807, 2.05) is 18.2 Å². The normalized spacial score (nSPS) is 26.2. The molecule has 11 heteroatoms. The largest absolute Gasteiger partial charge is 0.521 e. The number of pyridine rings is 2. The Hall–Kier alpha value is -3.31. The zero-order valence-corrected chi connectivity index (χ0v) is 26.2. The van der Waals surface area contributed by atoms with Crippen molar-refractivity contribution in [2.45, 2.75) is 77.2 Å². The van der Waals surface area contributed by atoms with Gasteiger partial charge in [0.15, 0.2) is 5.60 Å². The number of likely N-dealkylation sites (tertiary alicyclic amines) is 2. The molecular formula is C33H40ClN4O6+. The molecule has 0 aliphatic carbocycles. The molecule has 1 amide bonds. The minimum absolute atomic E-state index is 0. The van der Waals surface area contributed by atoms with Crippen LogP contribution in [0.5, 0.6) is 5.75 Å². The van der Waals surface area contributed by atoms with E-state index >= 15 is 0 Å². The summed E-state index contributed by atoms with van der Waals surface area (Å²) >= 11 is 0. The number of esters is 1. The molecule has 2 fully saturated rings. The van der Waals surface area contributed by atoms with Gasteiger partial charge < -0.3 is 19.1 Å². The van der Waals surface area contributed by atoms with E-state index in [1.54, 1.807) is 23.6 Å². The lowest BCUT2D eigenvalue weighted by Crippen LogP contribution is -2.60. The third kappa shape index (κ3) is 4.83. The molecular weight excluding hydrogens is 584 g/mol. The molecule has 4 aliphatic heterocycles. The van der Waals surface area contributed by atoms with Gasteiger partial charge >= 0.3 is 12.1 Å². The molecule has 0 spiro atoms. The molecule has 44 heavy (non-hydrogen) atoms. The third-order valence-electron chi connectivity index (χ3n) is 10.4. The number of hydrogen-bond donors (Lipinski definition) is 1. The molecule has 7 rings (SSSR count). The topological polar surface area (TPSA) is 111 Å². The second-order valence-electron chi connectivity index (χ2n) is 12.6. The van der Waals surface area contributed by atoms with Gasteiger partial charge in [-0.1, -0.05) is 13.3 Å². The van der Waals surface area contributed by atoms with Crippen molar-refractivity contribution in [2.24, 2.45) is 0 Å². The molecule has 1 aromatic carbocycles. The molecule has 0 radical (unpaired) electrons. The minimum atomic E-state index is -1.86. The summed E-state index contributed by atoms with van der Waals surface area (Å²) in [5.74, 6) is -0.257. The SMILES string of the molecule is CC[C@@]1(O)C(=O)OCc2c1cc1n(c2=O)Cc2cc3cc(OC(=O)[N+]4(CC)CCC(N5CCCCC5)CC4)ccc3nc2-1.Cl. The maximum atomic E-state index is 13.6. The van der Waals surface area contributed by atoms with Gasteiger partial charge in [-0.3, -0.25) is 9.69 Å². The number of amides is 1. The Bertz CT molecular complexity index is 1690. The van der Waals surface area contributed by atoms with Crippen LogP contribution < -0.4 is 10.3 Å². The van der Waals surface area contributed by atoms with E-state index in [-0.39, 0.29) is 37.1 Å². The van der Waals surface area contributed by atoms with Crippen molar-refractivity contribution in [1.29, 1.82) is 0 Å².